The molecule has 2 aromatic rings. The first-order valence-electron chi connectivity index (χ1n) is 7.23. The number of rotatable bonds is 2. The first kappa shape index (κ1) is 15.2. The molecule has 1 fully saturated rings. The molecule has 0 amide bonds. The maximum atomic E-state index is 14.2. The summed E-state index contributed by atoms with van der Waals surface area (Å²) < 4.78 is 27.6. The Morgan fingerprint density at radius 2 is 1.82 bits per heavy atom. The van der Waals surface area contributed by atoms with Gasteiger partial charge in [0.15, 0.2) is 5.82 Å². The first-order chi connectivity index (χ1) is 10.2. The highest BCUT2D eigenvalue weighted by Gasteiger charge is 2.52. The van der Waals surface area contributed by atoms with Crippen LogP contribution in [0.4, 0.5) is 4.39 Å². The van der Waals surface area contributed by atoms with Crippen molar-refractivity contribution in [1.82, 2.24) is 14.8 Å². The SMILES string of the molecule is Cc1ccn(-c2cc(B3OC(C)(C)C(C)(C)O3)c(F)cn2)n1. The number of aryl methyl sites for hydroxylation is 1. The Bertz CT molecular complexity index is 699. The Balaban J connectivity index is 1.98. The Hall–Kier alpha value is -1.73. The van der Waals surface area contributed by atoms with Gasteiger partial charge in [-0.15, -0.1) is 0 Å². The van der Waals surface area contributed by atoms with Crippen LogP contribution >= 0.6 is 0 Å². The van der Waals surface area contributed by atoms with Crippen LogP contribution in [-0.4, -0.2) is 33.1 Å². The summed E-state index contributed by atoms with van der Waals surface area (Å²) in [7, 11) is -0.761. The lowest BCUT2D eigenvalue weighted by atomic mass is 9.79. The molecule has 0 aliphatic carbocycles. The smallest absolute Gasteiger partial charge is 0.399 e. The van der Waals surface area contributed by atoms with Crippen molar-refractivity contribution < 1.29 is 13.7 Å². The van der Waals surface area contributed by atoms with Crippen LogP contribution in [0.2, 0.25) is 0 Å². The normalized spacial score (nSPS) is 19.6. The quantitative estimate of drug-likeness (QED) is 0.796. The Morgan fingerprint density at radius 1 is 1.18 bits per heavy atom. The Labute approximate surface area is 129 Å². The summed E-state index contributed by atoms with van der Waals surface area (Å²) in [5.74, 6) is 0.0744. The van der Waals surface area contributed by atoms with Crippen molar-refractivity contribution in [3.8, 4) is 5.82 Å². The van der Waals surface area contributed by atoms with E-state index in [-0.39, 0.29) is 0 Å². The molecule has 7 heteroatoms. The van der Waals surface area contributed by atoms with Crippen LogP contribution in [-0.2, 0) is 9.31 Å². The fraction of sp³-hybridized carbons (Fsp3) is 0.467. The first-order valence-corrected chi connectivity index (χ1v) is 7.23. The molecule has 0 saturated carbocycles. The second kappa shape index (κ2) is 4.89. The largest absolute Gasteiger partial charge is 0.498 e. The van der Waals surface area contributed by atoms with E-state index in [1.807, 2.05) is 40.7 Å². The van der Waals surface area contributed by atoms with E-state index < -0.39 is 24.1 Å². The number of hydrogen-bond donors (Lipinski definition) is 0. The molecule has 2 aromatic heterocycles. The van der Waals surface area contributed by atoms with Gasteiger partial charge in [0, 0.05) is 11.7 Å². The van der Waals surface area contributed by atoms with Crippen LogP contribution in [0.1, 0.15) is 33.4 Å². The summed E-state index contributed by atoms with van der Waals surface area (Å²) >= 11 is 0. The maximum Gasteiger partial charge on any atom is 0.498 e. The van der Waals surface area contributed by atoms with Crippen molar-refractivity contribution in [3.63, 3.8) is 0 Å². The zero-order chi connectivity index (χ0) is 16.1. The highest BCUT2D eigenvalue weighted by molar-refractivity contribution is 6.62. The standard InChI is InChI=1S/C15H19BFN3O2/c1-10-6-7-20(19-10)13-8-11(12(17)9-18-13)16-21-14(2,3)15(4,5)22-16/h6-9H,1-5H3. The summed E-state index contributed by atoms with van der Waals surface area (Å²) in [6.45, 7) is 9.62. The molecule has 0 radical (unpaired) electrons. The van der Waals surface area contributed by atoms with Crippen LogP contribution in [0.3, 0.4) is 0 Å². The summed E-state index contributed by atoms with van der Waals surface area (Å²) in [5.41, 5.74) is 0.158. The zero-order valence-corrected chi connectivity index (χ0v) is 13.4. The average Bonchev–Trinajstić information content (AvgIpc) is 2.92. The molecule has 3 heterocycles. The molecule has 0 aromatic carbocycles. The van der Waals surface area contributed by atoms with Crippen molar-refractivity contribution in [1.29, 1.82) is 0 Å². The van der Waals surface area contributed by atoms with Gasteiger partial charge in [0.2, 0.25) is 0 Å². The summed E-state index contributed by atoms with van der Waals surface area (Å²) in [4.78, 5) is 4.08. The van der Waals surface area contributed by atoms with Gasteiger partial charge in [-0.05, 0) is 46.8 Å². The molecule has 3 rings (SSSR count). The number of nitrogens with zero attached hydrogens (tertiary/aromatic N) is 3. The molecule has 0 spiro atoms. The van der Waals surface area contributed by atoms with Gasteiger partial charge in [0.25, 0.3) is 0 Å². The molecule has 116 valence electrons. The van der Waals surface area contributed by atoms with Crippen LogP contribution in [0.5, 0.6) is 0 Å². The summed E-state index contributed by atoms with van der Waals surface area (Å²) in [6, 6.07) is 3.48. The van der Waals surface area contributed by atoms with E-state index in [9.17, 15) is 4.39 Å². The Morgan fingerprint density at radius 3 is 2.36 bits per heavy atom. The van der Waals surface area contributed by atoms with Crippen LogP contribution < -0.4 is 5.46 Å². The van der Waals surface area contributed by atoms with Gasteiger partial charge in [-0.1, -0.05) is 0 Å². The lowest BCUT2D eigenvalue weighted by Crippen LogP contribution is -2.41. The molecule has 22 heavy (non-hydrogen) atoms. The van der Waals surface area contributed by atoms with E-state index in [2.05, 4.69) is 10.1 Å². The van der Waals surface area contributed by atoms with Crippen molar-refractivity contribution >= 4 is 12.6 Å². The van der Waals surface area contributed by atoms with E-state index in [1.165, 1.54) is 6.20 Å². The van der Waals surface area contributed by atoms with Crippen LogP contribution in [0, 0.1) is 12.7 Å². The summed E-state index contributed by atoms with van der Waals surface area (Å²) in [6.07, 6.45) is 2.95. The van der Waals surface area contributed by atoms with Gasteiger partial charge in [0.1, 0.15) is 5.82 Å². The van der Waals surface area contributed by atoms with Gasteiger partial charge in [-0.3, -0.25) is 0 Å². The summed E-state index contributed by atoms with van der Waals surface area (Å²) in [5, 5.41) is 4.29. The average molecular weight is 303 g/mol. The lowest BCUT2D eigenvalue weighted by molar-refractivity contribution is 0.00578. The van der Waals surface area contributed by atoms with Gasteiger partial charge >= 0.3 is 7.12 Å². The predicted molar refractivity (Wildman–Crippen MR) is 81.8 cm³/mol. The highest BCUT2D eigenvalue weighted by atomic mass is 19.1. The van der Waals surface area contributed by atoms with Crippen molar-refractivity contribution in [3.05, 3.63) is 36.0 Å². The molecule has 0 atom stereocenters. The van der Waals surface area contributed by atoms with Crippen molar-refractivity contribution in [2.75, 3.05) is 0 Å². The fourth-order valence-electron chi connectivity index (χ4n) is 2.26. The third-order valence-corrected chi connectivity index (χ3v) is 4.33. The zero-order valence-electron chi connectivity index (χ0n) is 13.4. The van der Waals surface area contributed by atoms with Gasteiger partial charge in [-0.25, -0.2) is 14.1 Å². The second-order valence-electron chi connectivity index (χ2n) is 6.55. The maximum absolute atomic E-state index is 14.2. The highest BCUT2D eigenvalue weighted by Crippen LogP contribution is 2.36. The number of halogens is 1. The minimum atomic E-state index is -0.761. The van der Waals surface area contributed by atoms with E-state index in [0.29, 0.717) is 11.3 Å². The van der Waals surface area contributed by atoms with E-state index >= 15 is 0 Å². The van der Waals surface area contributed by atoms with Crippen molar-refractivity contribution in [2.24, 2.45) is 0 Å². The molecule has 1 saturated heterocycles. The molecular formula is C15H19BFN3O2. The molecule has 1 aliphatic heterocycles. The van der Waals surface area contributed by atoms with E-state index in [0.717, 1.165) is 5.69 Å². The van der Waals surface area contributed by atoms with Gasteiger partial charge < -0.3 is 9.31 Å². The Kier molecular flexibility index (Phi) is 3.38. The van der Waals surface area contributed by atoms with E-state index in [1.54, 1.807) is 16.9 Å². The van der Waals surface area contributed by atoms with Gasteiger partial charge in [0.05, 0.1) is 23.1 Å². The third kappa shape index (κ3) is 2.44. The van der Waals surface area contributed by atoms with E-state index in [4.69, 9.17) is 9.31 Å². The molecule has 5 nitrogen and oxygen atoms in total. The monoisotopic (exact) mass is 303 g/mol. The minimum Gasteiger partial charge on any atom is -0.399 e. The van der Waals surface area contributed by atoms with Gasteiger partial charge in [-0.2, -0.15) is 5.10 Å². The minimum absolute atomic E-state index is 0.330. The molecular weight excluding hydrogens is 284 g/mol. The number of hydrogen-bond acceptors (Lipinski definition) is 4. The topological polar surface area (TPSA) is 49.2 Å². The molecule has 0 bridgehead atoms. The number of aromatic nitrogens is 3. The van der Waals surface area contributed by atoms with Crippen LogP contribution in [0.25, 0.3) is 5.82 Å². The predicted octanol–water partition coefficient (Wildman–Crippen LogP) is 2.01. The molecule has 0 N–H and O–H groups in total. The fourth-order valence-corrected chi connectivity index (χ4v) is 2.26. The van der Waals surface area contributed by atoms with Crippen LogP contribution in [0.15, 0.2) is 24.5 Å². The third-order valence-electron chi connectivity index (χ3n) is 4.33. The molecule has 0 unspecified atom stereocenters. The lowest BCUT2D eigenvalue weighted by Gasteiger charge is -2.32. The number of pyridine rings is 1. The van der Waals surface area contributed by atoms with Crippen molar-refractivity contribution in [2.45, 2.75) is 45.8 Å². The second-order valence-corrected chi connectivity index (χ2v) is 6.55. The molecule has 1 aliphatic rings.